The number of anilines is 1. The van der Waals surface area contributed by atoms with Gasteiger partial charge in [-0.2, -0.15) is 0 Å². The van der Waals surface area contributed by atoms with E-state index < -0.39 is 5.91 Å². The van der Waals surface area contributed by atoms with E-state index in [1.54, 1.807) is 0 Å². The molecular formula is C17H20N3O2S+. The average molecular weight is 330 g/mol. The van der Waals surface area contributed by atoms with Gasteiger partial charge in [0.2, 0.25) is 5.91 Å². The lowest BCUT2D eigenvalue weighted by Gasteiger charge is -2.19. The quantitative estimate of drug-likeness (QED) is 0.768. The Balaban J connectivity index is 1.82. The number of rotatable bonds is 4. The molecule has 1 aromatic heterocycles. The molecule has 1 aromatic carbocycles. The predicted octanol–water partition coefficient (Wildman–Crippen LogP) is 0.599. The van der Waals surface area contributed by atoms with Gasteiger partial charge in [-0.25, -0.2) is 0 Å². The van der Waals surface area contributed by atoms with E-state index in [0.29, 0.717) is 10.6 Å². The number of nitrogens with one attached hydrogen (secondary N) is 2. The topological polar surface area (TPSA) is 76.6 Å². The molecule has 2 aromatic rings. The summed E-state index contributed by atoms with van der Waals surface area (Å²) < 4.78 is 0. The maximum Gasteiger partial charge on any atom is 0.252 e. The van der Waals surface area contributed by atoms with Crippen LogP contribution < -0.4 is 16.0 Å². The molecular weight excluding hydrogens is 310 g/mol. The lowest BCUT2D eigenvalue weighted by atomic mass is 10.0. The molecule has 5 nitrogen and oxygen atoms in total. The maximum absolute atomic E-state index is 12.3. The highest BCUT2D eigenvalue weighted by Crippen LogP contribution is 2.34. The monoisotopic (exact) mass is 330 g/mol. The van der Waals surface area contributed by atoms with Gasteiger partial charge in [0.1, 0.15) is 11.5 Å². The lowest BCUT2D eigenvalue weighted by molar-refractivity contribution is -0.895. The molecule has 1 unspecified atom stereocenters. The third kappa shape index (κ3) is 3.43. The van der Waals surface area contributed by atoms with Gasteiger partial charge in [-0.15, -0.1) is 11.3 Å². The summed E-state index contributed by atoms with van der Waals surface area (Å²) in [5.41, 5.74) is 8.01. The zero-order chi connectivity index (χ0) is 16.4. The Bertz CT molecular complexity index is 740. The number of hydrogen-bond acceptors (Lipinski definition) is 3. The molecule has 23 heavy (non-hydrogen) atoms. The summed E-state index contributed by atoms with van der Waals surface area (Å²) in [4.78, 5) is 26.7. The van der Waals surface area contributed by atoms with Gasteiger partial charge in [0, 0.05) is 6.42 Å². The van der Waals surface area contributed by atoms with Crippen molar-refractivity contribution < 1.29 is 14.5 Å². The first-order chi connectivity index (χ1) is 11.0. The highest BCUT2D eigenvalue weighted by atomic mass is 32.1. The largest absolute Gasteiger partial charge is 0.365 e. The molecule has 3 rings (SSSR count). The first-order valence-corrected chi connectivity index (χ1v) is 8.45. The zero-order valence-corrected chi connectivity index (χ0v) is 13.8. The number of primary amides is 1. The van der Waals surface area contributed by atoms with Crippen LogP contribution >= 0.6 is 11.3 Å². The van der Waals surface area contributed by atoms with Crippen molar-refractivity contribution in [2.45, 2.75) is 19.4 Å². The zero-order valence-electron chi connectivity index (χ0n) is 13.0. The summed E-state index contributed by atoms with van der Waals surface area (Å²) in [5, 5.41) is 3.48. The van der Waals surface area contributed by atoms with Crippen LogP contribution in [0.5, 0.6) is 0 Å². The minimum Gasteiger partial charge on any atom is -0.365 e. The fraction of sp³-hybridized carbons (Fsp3) is 0.294. The van der Waals surface area contributed by atoms with E-state index >= 15 is 0 Å². The first-order valence-electron chi connectivity index (χ1n) is 7.64. The Morgan fingerprint density at radius 2 is 2.04 bits per heavy atom. The molecule has 0 bridgehead atoms. The van der Waals surface area contributed by atoms with Gasteiger partial charge in [0.15, 0.2) is 0 Å². The molecule has 2 heterocycles. The van der Waals surface area contributed by atoms with E-state index in [0.717, 1.165) is 35.5 Å². The Morgan fingerprint density at radius 1 is 1.30 bits per heavy atom. The average Bonchev–Trinajstić information content (AvgIpc) is 2.84. The summed E-state index contributed by atoms with van der Waals surface area (Å²) >= 11 is 1.48. The summed E-state index contributed by atoms with van der Waals surface area (Å²) in [6, 6.07) is 9.54. The van der Waals surface area contributed by atoms with Gasteiger partial charge >= 0.3 is 0 Å². The summed E-state index contributed by atoms with van der Waals surface area (Å²) in [6.07, 6.45) is 1.11. The molecule has 0 spiro atoms. The van der Waals surface area contributed by atoms with Crippen molar-refractivity contribution in [3.05, 3.63) is 51.9 Å². The van der Waals surface area contributed by atoms with E-state index in [-0.39, 0.29) is 12.3 Å². The number of fused-ring (bicyclic) bond motifs is 1. The molecule has 0 saturated carbocycles. The van der Waals surface area contributed by atoms with E-state index in [1.165, 1.54) is 16.2 Å². The van der Waals surface area contributed by atoms with Crippen LogP contribution in [0, 0.1) is 0 Å². The van der Waals surface area contributed by atoms with Crippen LogP contribution in [0.25, 0.3) is 0 Å². The second-order valence-electron chi connectivity index (χ2n) is 5.92. The normalized spacial score (nSPS) is 16.7. The van der Waals surface area contributed by atoms with E-state index in [1.807, 2.05) is 30.3 Å². The van der Waals surface area contributed by atoms with Crippen LogP contribution in [0.3, 0.4) is 0 Å². The van der Waals surface area contributed by atoms with Crippen LogP contribution in [0.4, 0.5) is 5.00 Å². The number of benzene rings is 1. The van der Waals surface area contributed by atoms with Gasteiger partial charge < -0.3 is 16.0 Å². The third-order valence-electron chi connectivity index (χ3n) is 4.06. The highest BCUT2D eigenvalue weighted by Gasteiger charge is 2.28. The molecule has 120 valence electrons. The minimum absolute atomic E-state index is 0.127. The Labute approximate surface area is 139 Å². The molecule has 0 aliphatic carbocycles. The second-order valence-corrected chi connectivity index (χ2v) is 7.02. The van der Waals surface area contributed by atoms with Crippen molar-refractivity contribution >= 4 is 28.2 Å². The Morgan fingerprint density at radius 3 is 2.74 bits per heavy atom. The van der Waals surface area contributed by atoms with Crippen LogP contribution in [0.2, 0.25) is 0 Å². The molecule has 0 fully saturated rings. The lowest BCUT2D eigenvalue weighted by Crippen LogP contribution is -3.08. The van der Waals surface area contributed by atoms with Crippen molar-refractivity contribution in [2.24, 2.45) is 5.73 Å². The van der Waals surface area contributed by atoms with E-state index in [9.17, 15) is 9.59 Å². The van der Waals surface area contributed by atoms with Crippen molar-refractivity contribution in [1.82, 2.24) is 0 Å². The number of thiophene rings is 1. The molecule has 1 atom stereocenters. The number of carbonyl (C=O) groups is 2. The molecule has 4 N–H and O–H groups in total. The third-order valence-corrected chi connectivity index (χ3v) is 5.21. The fourth-order valence-corrected chi connectivity index (χ4v) is 4.30. The first kappa shape index (κ1) is 15.7. The van der Waals surface area contributed by atoms with Gasteiger partial charge in [-0.05, 0) is 11.1 Å². The number of hydrogen-bond donors (Lipinski definition) is 3. The van der Waals surface area contributed by atoms with Crippen LogP contribution in [0.15, 0.2) is 30.3 Å². The second kappa shape index (κ2) is 6.52. The molecule has 1 aliphatic rings. The SMILES string of the molecule is C[NH+]1CCc2c(sc(NC(=O)Cc3ccccc3)c2C(N)=O)C1. The Kier molecular flexibility index (Phi) is 4.45. The Hall–Kier alpha value is -2.18. The van der Waals surface area contributed by atoms with E-state index in [2.05, 4.69) is 12.4 Å². The molecule has 2 amide bonds. The number of nitrogens with two attached hydrogens (primary N) is 1. The number of likely N-dealkylation sites (N-methyl/N-ethyl adjacent to an activating group) is 1. The summed E-state index contributed by atoms with van der Waals surface area (Å²) in [6.45, 7) is 1.84. The van der Waals surface area contributed by atoms with Crippen LogP contribution in [-0.2, 0) is 24.2 Å². The maximum atomic E-state index is 12.3. The van der Waals surface area contributed by atoms with Gasteiger partial charge in [-0.3, -0.25) is 9.59 Å². The van der Waals surface area contributed by atoms with Crippen molar-refractivity contribution in [3.8, 4) is 0 Å². The smallest absolute Gasteiger partial charge is 0.252 e. The van der Waals surface area contributed by atoms with Crippen molar-refractivity contribution in [1.29, 1.82) is 0 Å². The summed E-state index contributed by atoms with van der Waals surface area (Å²) in [7, 11) is 2.13. The fourth-order valence-electron chi connectivity index (χ4n) is 2.92. The van der Waals surface area contributed by atoms with Crippen molar-refractivity contribution in [2.75, 3.05) is 18.9 Å². The standard InChI is InChI=1S/C17H19N3O2S/c1-20-8-7-12-13(10-20)23-17(15(12)16(18)22)19-14(21)9-11-5-3-2-4-6-11/h2-6H,7-10H2,1H3,(H2,18,22)(H,19,21)/p+1. The predicted molar refractivity (Wildman–Crippen MR) is 90.8 cm³/mol. The van der Waals surface area contributed by atoms with Gasteiger partial charge in [-0.1, -0.05) is 30.3 Å². The molecule has 0 radical (unpaired) electrons. The highest BCUT2D eigenvalue weighted by molar-refractivity contribution is 7.17. The van der Waals surface area contributed by atoms with Gasteiger partial charge in [0.25, 0.3) is 5.91 Å². The van der Waals surface area contributed by atoms with Crippen LogP contribution in [0.1, 0.15) is 26.4 Å². The van der Waals surface area contributed by atoms with Gasteiger partial charge in [0.05, 0.1) is 30.5 Å². The van der Waals surface area contributed by atoms with Crippen LogP contribution in [-0.4, -0.2) is 25.4 Å². The van der Waals surface area contributed by atoms with Crippen molar-refractivity contribution in [3.63, 3.8) is 0 Å². The summed E-state index contributed by atoms with van der Waals surface area (Å²) in [5.74, 6) is -0.588. The molecule has 0 saturated heterocycles. The molecule has 6 heteroatoms. The molecule has 1 aliphatic heterocycles. The number of quaternary nitrogens is 1. The minimum atomic E-state index is -0.461. The number of carbonyl (C=O) groups excluding carboxylic acids is 2. The number of amides is 2. The van der Waals surface area contributed by atoms with E-state index in [4.69, 9.17) is 5.73 Å².